The Morgan fingerprint density at radius 3 is 2.77 bits per heavy atom. The zero-order valence-corrected chi connectivity index (χ0v) is 18.1. The first-order chi connectivity index (χ1) is 14.3. The number of rotatable bonds is 13. The Morgan fingerprint density at radius 1 is 1.27 bits per heavy atom. The molecule has 6 heteroatoms. The number of nitrogens with zero attached hydrogens (tertiary/aromatic N) is 1. The molecular weight excluding hydrogens is 382 g/mol. The zero-order valence-electron chi connectivity index (χ0n) is 18.1. The lowest BCUT2D eigenvalue weighted by Gasteiger charge is -2.22. The molecule has 1 aromatic rings. The lowest BCUT2D eigenvalue weighted by Crippen LogP contribution is -2.32. The number of likely N-dealkylation sites (tertiary alicyclic amines) is 1. The number of benzene rings is 1. The maximum Gasteiger partial charge on any atom is 0.303 e. The summed E-state index contributed by atoms with van der Waals surface area (Å²) in [6, 6.07) is 7.79. The maximum atomic E-state index is 12.2. The van der Waals surface area contributed by atoms with Crippen LogP contribution in [0.15, 0.2) is 36.4 Å². The third kappa shape index (κ3) is 8.57. The van der Waals surface area contributed by atoms with Gasteiger partial charge in [0.1, 0.15) is 5.75 Å². The van der Waals surface area contributed by atoms with Crippen molar-refractivity contribution in [1.82, 2.24) is 4.90 Å². The van der Waals surface area contributed by atoms with Crippen LogP contribution in [0, 0.1) is 0 Å². The molecule has 0 saturated carbocycles. The lowest BCUT2D eigenvalue weighted by molar-refractivity contribution is -0.137. The summed E-state index contributed by atoms with van der Waals surface area (Å²) >= 11 is 0. The van der Waals surface area contributed by atoms with Crippen molar-refractivity contribution in [1.29, 1.82) is 0 Å². The molecule has 30 heavy (non-hydrogen) atoms. The number of carboxylic acids is 1. The lowest BCUT2D eigenvalue weighted by atomic mass is 10.1. The van der Waals surface area contributed by atoms with Gasteiger partial charge in [-0.3, -0.25) is 9.59 Å². The van der Waals surface area contributed by atoms with Gasteiger partial charge in [-0.2, -0.15) is 0 Å². The molecule has 0 bridgehead atoms. The molecule has 0 unspecified atom stereocenters. The number of aliphatic hydroxyl groups is 1. The summed E-state index contributed by atoms with van der Waals surface area (Å²) in [4.78, 5) is 24.6. The van der Waals surface area contributed by atoms with E-state index in [1.165, 1.54) is 0 Å². The van der Waals surface area contributed by atoms with E-state index in [0.717, 1.165) is 37.0 Å². The largest absolute Gasteiger partial charge is 0.491 e. The van der Waals surface area contributed by atoms with Crippen LogP contribution in [0.4, 0.5) is 0 Å². The molecule has 1 fully saturated rings. The van der Waals surface area contributed by atoms with Crippen molar-refractivity contribution in [2.45, 2.75) is 83.5 Å². The molecule has 1 saturated heterocycles. The number of aliphatic carboxylic acids is 1. The van der Waals surface area contributed by atoms with E-state index in [1.807, 2.05) is 49.1 Å². The van der Waals surface area contributed by atoms with Crippen LogP contribution in [0.5, 0.6) is 5.75 Å². The summed E-state index contributed by atoms with van der Waals surface area (Å²) in [7, 11) is 0. The van der Waals surface area contributed by atoms with Gasteiger partial charge in [0.05, 0.1) is 18.2 Å². The van der Waals surface area contributed by atoms with E-state index in [1.54, 1.807) is 6.08 Å². The van der Waals surface area contributed by atoms with Gasteiger partial charge in [-0.25, -0.2) is 0 Å². The molecule has 0 spiro atoms. The number of ether oxygens (including phenoxy) is 1. The van der Waals surface area contributed by atoms with Gasteiger partial charge >= 0.3 is 5.97 Å². The van der Waals surface area contributed by atoms with Crippen LogP contribution in [-0.2, 0) is 16.0 Å². The Labute approximate surface area is 179 Å². The van der Waals surface area contributed by atoms with Gasteiger partial charge < -0.3 is 19.8 Å². The number of amides is 1. The highest BCUT2D eigenvalue weighted by atomic mass is 16.5. The van der Waals surface area contributed by atoms with E-state index in [-0.39, 0.29) is 24.5 Å². The second kappa shape index (κ2) is 12.4. The molecule has 2 N–H and O–H groups in total. The van der Waals surface area contributed by atoms with Crippen LogP contribution in [0.25, 0.3) is 0 Å². The molecule has 1 heterocycles. The molecule has 6 nitrogen and oxygen atoms in total. The minimum atomic E-state index is -0.757. The van der Waals surface area contributed by atoms with Gasteiger partial charge in [0.2, 0.25) is 5.91 Å². The second-order valence-corrected chi connectivity index (χ2v) is 8.22. The molecule has 2 rings (SSSR count). The topological polar surface area (TPSA) is 87.1 Å². The smallest absolute Gasteiger partial charge is 0.303 e. The molecule has 0 radical (unpaired) electrons. The predicted octanol–water partition coefficient (Wildman–Crippen LogP) is 3.96. The number of carbonyl (C=O) groups excluding carboxylic acids is 1. The molecule has 0 aromatic heterocycles. The summed E-state index contributed by atoms with van der Waals surface area (Å²) < 4.78 is 5.70. The maximum absolute atomic E-state index is 12.2. The van der Waals surface area contributed by atoms with Gasteiger partial charge in [-0.15, -0.1) is 0 Å². The van der Waals surface area contributed by atoms with E-state index < -0.39 is 12.1 Å². The highest BCUT2D eigenvalue weighted by Crippen LogP contribution is 2.22. The van der Waals surface area contributed by atoms with E-state index in [0.29, 0.717) is 25.8 Å². The highest BCUT2D eigenvalue weighted by molar-refractivity contribution is 5.79. The molecule has 1 amide bonds. The van der Waals surface area contributed by atoms with Crippen LogP contribution in [0.2, 0.25) is 0 Å². The second-order valence-electron chi connectivity index (χ2n) is 8.22. The summed E-state index contributed by atoms with van der Waals surface area (Å²) in [6.45, 7) is 4.65. The normalized spacial score (nSPS) is 17.8. The van der Waals surface area contributed by atoms with Gasteiger partial charge in [-0.1, -0.05) is 37.1 Å². The fourth-order valence-electron chi connectivity index (χ4n) is 3.74. The fraction of sp³-hybridized carbons (Fsp3) is 0.583. The van der Waals surface area contributed by atoms with Gasteiger partial charge in [0.15, 0.2) is 0 Å². The molecule has 166 valence electrons. The Bertz CT molecular complexity index is 715. The molecule has 2 atom stereocenters. The van der Waals surface area contributed by atoms with E-state index in [9.17, 15) is 14.7 Å². The van der Waals surface area contributed by atoms with Crippen molar-refractivity contribution in [2.24, 2.45) is 0 Å². The van der Waals surface area contributed by atoms with Crippen molar-refractivity contribution >= 4 is 11.9 Å². The number of hydrogen-bond acceptors (Lipinski definition) is 4. The number of aliphatic hydroxyl groups excluding tert-OH is 1. The van der Waals surface area contributed by atoms with Gasteiger partial charge in [-0.05, 0) is 50.8 Å². The van der Waals surface area contributed by atoms with Crippen molar-refractivity contribution in [2.75, 3.05) is 6.54 Å². The molecule has 0 aliphatic carbocycles. The van der Waals surface area contributed by atoms with Crippen molar-refractivity contribution in [3.05, 3.63) is 42.0 Å². The van der Waals surface area contributed by atoms with Crippen molar-refractivity contribution < 1.29 is 24.5 Å². The third-order valence-corrected chi connectivity index (χ3v) is 5.18. The SMILES string of the molecule is CC(C)Oc1cccc(C[C@H](O)/C=C/[C@H]2CCC(=O)N2CCCCCCC(=O)O)c1. The van der Waals surface area contributed by atoms with Gasteiger partial charge in [0.25, 0.3) is 0 Å². The van der Waals surface area contributed by atoms with Crippen LogP contribution in [-0.4, -0.2) is 51.8 Å². The number of hydrogen-bond donors (Lipinski definition) is 2. The quantitative estimate of drug-likeness (QED) is 0.375. The summed E-state index contributed by atoms with van der Waals surface area (Å²) in [5.74, 6) is 0.200. The van der Waals surface area contributed by atoms with Crippen molar-refractivity contribution in [3.8, 4) is 5.75 Å². The van der Waals surface area contributed by atoms with E-state index in [4.69, 9.17) is 9.84 Å². The monoisotopic (exact) mass is 417 g/mol. The van der Waals surface area contributed by atoms with Crippen LogP contribution in [0.1, 0.15) is 64.4 Å². The molecular formula is C24H35NO5. The molecule has 1 aromatic carbocycles. The van der Waals surface area contributed by atoms with E-state index in [2.05, 4.69) is 0 Å². The first kappa shape index (κ1) is 23.9. The minimum Gasteiger partial charge on any atom is -0.491 e. The third-order valence-electron chi connectivity index (χ3n) is 5.18. The summed E-state index contributed by atoms with van der Waals surface area (Å²) in [6.07, 6.45) is 8.60. The first-order valence-corrected chi connectivity index (χ1v) is 11.0. The standard InChI is InChI=1S/C24H35NO5/c1-18(2)30-22-9-7-8-19(17-22)16-21(26)13-11-20-12-14-23(27)25(20)15-6-4-3-5-10-24(28)29/h7-9,11,13,17-18,20-21,26H,3-6,10,12,14-16H2,1-2H3,(H,28,29)/b13-11+/t20-,21+/m0/s1. The molecule has 1 aliphatic heterocycles. The van der Waals surface area contributed by atoms with Crippen LogP contribution in [0.3, 0.4) is 0 Å². The van der Waals surface area contributed by atoms with Crippen LogP contribution >= 0.6 is 0 Å². The van der Waals surface area contributed by atoms with E-state index >= 15 is 0 Å². The minimum absolute atomic E-state index is 0.0294. The Balaban J connectivity index is 1.80. The Morgan fingerprint density at radius 2 is 2.03 bits per heavy atom. The fourth-order valence-corrected chi connectivity index (χ4v) is 3.74. The summed E-state index contributed by atoms with van der Waals surface area (Å²) in [5, 5.41) is 19.1. The average molecular weight is 418 g/mol. The number of carboxylic acid groups (broad SMARTS) is 1. The van der Waals surface area contributed by atoms with Gasteiger partial charge in [0, 0.05) is 25.8 Å². The average Bonchev–Trinajstić information content (AvgIpc) is 3.02. The predicted molar refractivity (Wildman–Crippen MR) is 117 cm³/mol. The first-order valence-electron chi connectivity index (χ1n) is 11.0. The molecule has 1 aliphatic rings. The Kier molecular flexibility index (Phi) is 9.87. The number of unbranched alkanes of at least 4 members (excludes halogenated alkanes) is 3. The number of carbonyl (C=O) groups is 2. The highest BCUT2D eigenvalue weighted by Gasteiger charge is 2.28. The zero-order chi connectivity index (χ0) is 21.9. The van der Waals surface area contributed by atoms with Crippen LogP contribution < -0.4 is 4.74 Å². The summed E-state index contributed by atoms with van der Waals surface area (Å²) in [5.41, 5.74) is 1.01. The van der Waals surface area contributed by atoms with Crippen molar-refractivity contribution in [3.63, 3.8) is 0 Å². The Hall–Kier alpha value is -2.34.